The largest absolute Gasteiger partial charge is 0.379 e. The summed E-state index contributed by atoms with van der Waals surface area (Å²) >= 11 is 1.39. The molecule has 0 N–H and O–H groups in total. The van der Waals surface area contributed by atoms with Gasteiger partial charge in [-0.1, -0.05) is 30.4 Å². The van der Waals surface area contributed by atoms with Crippen molar-refractivity contribution in [2.45, 2.75) is 24.7 Å². The van der Waals surface area contributed by atoms with Crippen molar-refractivity contribution in [2.75, 3.05) is 50.0 Å². The van der Waals surface area contributed by atoms with E-state index in [0.29, 0.717) is 31.3 Å². The number of ether oxygens (including phenoxy) is 1. The standard InChI is InChI=1S/C24H28FN3O4S2/c1-2-18-5-3-6-21-23(18)26-24(33-21)28(12-4-11-27-13-15-32-16-14-27)22(29)17-34(30,31)20-9-7-19(25)8-10-20/h3,5-10H,2,4,11-17H2,1H3. The molecule has 1 aliphatic rings. The van der Waals surface area contributed by atoms with E-state index in [2.05, 4.69) is 4.90 Å². The molecule has 1 saturated heterocycles. The normalized spacial score (nSPS) is 15.0. The Hall–Kier alpha value is -2.40. The Bertz CT molecular complexity index is 1240. The summed E-state index contributed by atoms with van der Waals surface area (Å²) in [6.45, 7) is 6.25. The topological polar surface area (TPSA) is 79.8 Å². The van der Waals surface area contributed by atoms with Crippen molar-refractivity contribution >= 4 is 42.4 Å². The van der Waals surface area contributed by atoms with Gasteiger partial charge in [-0.25, -0.2) is 17.8 Å². The average Bonchev–Trinajstić information content (AvgIpc) is 3.26. The highest BCUT2D eigenvalue weighted by Gasteiger charge is 2.27. The van der Waals surface area contributed by atoms with Gasteiger partial charge in [0.1, 0.15) is 11.6 Å². The van der Waals surface area contributed by atoms with Crippen LogP contribution in [0.25, 0.3) is 10.2 Å². The number of carbonyl (C=O) groups excluding carboxylic acids is 1. The second-order valence-corrected chi connectivity index (χ2v) is 11.2. The fourth-order valence-corrected chi connectivity index (χ4v) is 6.22. The fourth-order valence-electron chi connectivity index (χ4n) is 3.96. The molecule has 0 unspecified atom stereocenters. The number of thiazole rings is 1. The third-order valence-electron chi connectivity index (χ3n) is 5.85. The van der Waals surface area contributed by atoms with Gasteiger partial charge in [0.05, 0.1) is 28.3 Å². The molecule has 0 atom stereocenters. The van der Waals surface area contributed by atoms with E-state index >= 15 is 0 Å². The van der Waals surface area contributed by atoms with E-state index in [1.165, 1.54) is 28.4 Å². The molecular weight excluding hydrogens is 477 g/mol. The van der Waals surface area contributed by atoms with Crippen molar-refractivity contribution < 1.29 is 22.3 Å². The van der Waals surface area contributed by atoms with Crippen molar-refractivity contribution in [3.8, 4) is 0 Å². The molecule has 34 heavy (non-hydrogen) atoms. The maximum Gasteiger partial charge on any atom is 0.244 e. The summed E-state index contributed by atoms with van der Waals surface area (Å²) < 4.78 is 45.4. The smallest absolute Gasteiger partial charge is 0.244 e. The first-order chi connectivity index (χ1) is 16.4. The third-order valence-corrected chi connectivity index (χ3v) is 8.51. The molecule has 0 radical (unpaired) electrons. The van der Waals surface area contributed by atoms with Gasteiger partial charge < -0.3 is 4.74 Å². The molecule has 2 heterocycles. The number of hydrogen-bond donors (Lipinski definition) is 0. The number of carbonyl (C=O) groups is 1. The maximum absolute atomic E-state index is 13.3. The van der Waals surface area contributed by atoms with Crippen LogP contribution in [-0.2, 0) is 25.8 Å². The van der Waals surface area contributed by atoms with Crippen molar-refractivity contribution in [1.82, 2.24) is 9.88 Å². The van der Waals surface area contributed by atoms with Gasteiger partial charge in [-0.3, -0.25) is 14.6 Å². The third kappa shape index (κ3) is 5.80. The van der Waals surface area contributed by atoms with Crippen LogP contribution in [0, 0.1) is 5.82 Å². The predicted octanol–water partition coefficient (Wildman–Crippen LogP) is 3.53. The number of fused-ring (bicyclic) bond motifs is 1. The van der Waals surface area contributed by atoms with E-state index in [9.17, 15) is 17.6 Å². The monoisotopic (exact) mass is 505 g/mol. The van der Waals surface area contributed by atoms with Gasteiger partial charge in [0, 0.05) is 26.2 Å². The molecule has 2 aromatic carbocycles. The SMILES string of the molecule is CCc1cccc2sc(N(CCCN3CCOCC3)C(=O)CS(=O)(=O)c3ccc(F)cc3)nc12. The number of anilines is 1. The maximum atomic E-state index is 13.3. The quantitative estimate of drug-likeness (QED) is 0.414. The first kappa shape index (κ1) is 24.7. The molecule has 0 aliphatic carbocycles. The number of amides is 1. The number of sulfone groups is 1. The Balaban J connectivity index is 1.57. The number of halogens is 1. The van der Waals surface area contributed by atoms with Crippen LogP contribution >= 0.6 is 11.3 Å². The van der Waals surface area contributed by atoms with Crippen LogP contribution in [0.3, 0.4) is 0 Å². The summed E-state index contributed by atoms with van der Waals surface area (Å²) in [5.74, 6) is -1.77. The van der Waals surface area contributed by atoms with Crippen LogP contribution < -0.4 is 4.90 Å². The number of aromatic nitrogens is 1. The van der Waals surface area contributed by atoms with E-state index in [0.717, 1.165) is 54.0 Å². The van der Waals surface area contributed by atoms with Gasteiger partial charge in [0.25, 0.3) is 0 Å². The summed E-state index contributed by atoms with van der Waals surface area (Å²) in [7, 11) is -3.93. The molecular formula is C24H28FN3O4S2. The Morgan fingerprint density at radius 3 is 2.62 bits per heavy atom. The summed E-state index contributed by atoms with van der Waals surface area (Å²) in [4.78, 5) is 21.7. The lowest BCUT2D eigenvalue weighted by atomic mass is 10.1. The van der Waals surface area contributed by atoms with Crippen molar-refractivity contribution in [2.24, 2.45) is 0 Å². The van der Waals surface area contributed by atoms with Crippen LogP contribution in [0.2, 0.25) is 0 Å². The van der Waals surface area contributed by atoms with E-state index in [4.69, 9.17) is 9.72 Å². The Morgan fingerprint density at radius 2 is 1.91 bits per heavy atom. The van der Waals surface area contributed by atoms with Gasteiger partial charge in [-0.05, 0) is 48.7 Å². The van der Waals surface area contributed by atoms with Crippen molar-refractivity contribution in [3.05, 3.63) is 53.8 Å². The average molecular weight is 506 g/mol. The zero-order valence-corrected chi connectivity index (χ0v) is 20.7. The minimum Gasteiger partial charge on any atom is -0.379 e. The van der Waals surface area contributed by atoms with Crippen molar-refractivity contribution in [1.29, 1.82) is 0 Å². The molecule has 0 spiro atoms. The molecule has 1 fully saturated rings. The predicted molar refractivity (Wildman–Crippen MR) is 132 cm³/mol. The van der Waals surface area contributed by atoms with Crippen LogP contribution in [0.1, 0.15) is 18.9 Å². The molecule has 0 bridgehead atoms. The van der Waals surface area contributed by atoms with Crippen LogP contribution in [0.15, 0.2) is 47.4 Å². The molecule has 1 aliphatic heterocycles. The minimum atomic E-state index is -3.93. The lowest BCUT2D eigenvalue weighted by Crippen LogP contribution is -2.40. The fraction of sp³-hybridized carbons (Fsp3) is 0.417. The summed E-state index contributed by atoms with van der Waals surface area (Å²) in [5.41, 5.74) is 1.93. The number of morpholine rings is 1. The highest BCUT2D eigenvalue weighted by Crippen LogP contribution is 2.31. The molecule has 3 aromatic rings. The summed E-state index contributed by atoms with van der Waals surface area (Å²) in [5, 5.41) is 0.497. The van der Waals surface area contributed by atoms with Crippen LogP contribution in [0.5, 0.6) is 0 Å². The first-order valence-corrected chi connectivity index (χ1v) is 13.8. The molecule has 182 valence electrons. The summed E-state index contributed by atoms with van der Waals surface area (Å²) in [6, 6.07) is 10.5. The highest BCUT2D eigenvalue weighted by atomic mass is 32.2. The van der Waals surface area contributed by atoms with E-state index in [1.54, 1.807) is 0 Å². The van der Waals surface area contributed by atoms with Crippen LogP contribution in [0.4, 0.5) is 9.52 Å². The van der Waals surface area contributed by atoms with Gasteiger partial charge in [0.2, 0.25) is 5.91 Å². The molecule has 4 rings (SSSR count). The van der Waals surface area contributed by atoms with Gasteiger partial charge in [-0.2, -0.15) is 0 Å². The number of rotatable bonds is 9. The Morgan fingerprint density at radius 1 is 1.18 bits per heavy atom. The van der Waals surface area contributed by atoms with Crippen LogP contribution in [-0.4, -0.2) is 69.4 Å². The lowest BCUT2D eigenvalue weighted by molar-refractivity contribution is -0.116. The number of benzene rings is 2. The van der Waals surface area contributed by atoms with E-state index < -0.39 is 27.3 Å². The molecule has 10 heteroatoms. The van der Waals surface area contributed by atoms with Gasteiger partial charge in [-0.15, -0.1) is 0 Å². The van der Waals surface area contributed by atoms with E-state index in [-0.39, 0.29) is 4.90 Å². The second kappa shape index (κ2) is 10.9. The Kier molecular flexibility index (Phi) is 7.92. The van der Waals surface area contributed by atoms with E-state index in [1.807, 2.05) is 25.1 Å². The Labute approximate surface area is 203 Å². The first-order valence-electron chi connectivity index (χ1n) is 11.3. The molecule has 1 amide bonds. The zero-order chi connectivity index (χ0) is 24.1. The zero-order valence-electron chi connectivity index (χ0n) is 19.1. The minimum absolute atomic E-state index is 0.0758. The highest BCUT2D eigenvalue weighted by molar-refractivity contribution is 7.92. The second-order valence-electron chi connectivity index (χ2n) is 8.18. The number of hydrogen-bond acceptors (Lipinski definition) is 7. The van der Waals surface area contributed by atoms with Gasteiger partial charge in [0.15, 0.2) is 15.0 Å². The number of nitrogens with zero attached hydrogens (tertiary/aromatic N) is 3. The number of para-hydroxylation sites is 1. The van der Waals surface area contributed by atoms with Gasteiger partial charge >= 0.3 is 0 Å². The molecule has 7 nitrogen and oxygen atoms in total. The molecule has 0 saturated carbocycles. The molecule has 1 aromatic heterocycles. The number of aryl methyl sites for hydroxylation is 1. The summed E-state index contributed by atoms with van der Waals surface area (Å²) in [6.07, 6.45) is 1.49. The lowest BCUT2D eigenvalue weighted by Gasteiger charge is -2.27. The van der Waals surface area contributed by atoms with Crippen molar-refractivity contribution in [3.63, 3.8) is 0 Å².